The van der Waals surface area contributed by atoms with Gasteiger partial charge in [-0.05, 0) is 36.1 Å². The van der Waals surface area contributed by atoms with Crippen molar-refractivity contribution in [3.8, 4) is 6.07 Å². The van der Waals surface area contributed by atoms with Crippen LogP contribution in [0.3, 0.4) is 0 Å². The minimum absolute atomic E-state index is 0.191. The molecule has 0 fully saturated rings. The molecule has 0 aromatic heterocycles. The molecule has 0 radical (unpaired) electrons. The zero-order chi connectivity index (χ0) is 15.0. The molecule has 0 heterocycles. The van der Waals surface area contributed by atoms with Gasteiger partial charge < -0.3 is 10.4 Å². The number of aliphatic hydroxyl groups is 1. The quantitative estimate of drug-likeness (QED) is 0.779. The topological polar surface area (TPSA) is 73.1 Å². The van der Waals surface area contributed by atoms with E-state index in [2.05, 4.69) is 11.4 Å². The van der Waals surface area contributed by atoms with E-state index < -0.39 is 6.10 Å². The number of benzene rings is 1. The summed E-state index contributed by atoms with van der Waals surface area (Å²) >= 11 is 0. The summed E-state index contributed by atoms with van der Waals surface area (Å²) in [7, 11) is 0. The van der Waals surface area contributed by atoms with Crippen molar-refractivity contribution in [1.29, 1.82) is 5.26 Å². The number of aliphatic hydroxyl groups excluding tert-OH is 1. The van der Waals surface area contributed by atoms with E-state index in [1.807, 2.05) is 19.9 Å². The molecule has 1 amide bonds. The summed E-state index contributed by atoms with van der Waals surface area (Å²) in [5.41, 5.74) is 1.37. The summed E-state index contributed by atoms with van der Waals surface area (Å²) in [5, 5.41) is 21.1. The molecule has 2 N–H and O–H groups in total. The summed E-state index contributed by atoms with van der Waals surface area (Å²) in [4.78, 5) is 11.6. The van der Waals surface area contributed by atoms with Crippen molar-refractivity contribution < 1.29 is 9.90 Å². The predicted octanol–water partition coefficient (Wildman–Crippen LogP) is 2.09. The highest BCUT2D eigenvalue weighted by molar-refractivity contribution is 5.91. The monoisotopic (exact) mass is 272 g/mol. The van der Waals surface area contributed by atoms with Gasteiger partial charge in [-0.1, -0.05) is 26.0 Å². The molecular formula is C16H20N2O2. The van der Waals surface area contributed by atoms with E-state index in [4.69, 9.17) is 5.26 Å². The Bertz CT molecular complexity index is 515. The van der Waals surface area contributed by atoms with Gasteiger partial charge in [-0.3, -0.25) is 4.79 Å². The van der Waals surface area contributed by atoms with Gasteiger partial charge in [0.1, 0.15) is 0 Å². The molecule has 4 nitrogen and oxygen atoms in total. The van der Waals surface area contributed by atoms with E-state index in [1.165, 1.54) is 6.08 Å². The van der Waals surface area contributed by atoms with Gasteiger partial charge >= 0.3 is 0 Å². The maximum absolute atomic E-state index is 11.6. The Hall–Kier alpha value is -2.12. The number of carbonyl (C=O) groups is 1. The Kier molecular flexibility index (Phi) is 6.48. The second-order valence-corrected chi connectivity index (χ2v) is 4.96. The number of hydrogen-bond acceptors (Lipinski definition) is 3. The minimum Gasteiger partial charge on any atom is -0.393 e. The fraction of sp³-hybridized carbons (Fsp3) is 0.375. The highest BCUT2D eigenvalue weighted by Gasteiger charge is 2.08. The normalized spacial score (nSPS) is 12.3. The zero-order valence-electron chi connectivity index (χ0n) is 11.8. The molecule has 0 aliphatic heterocycles. The van der Waals surface area contributed by atoms with E-state index in [9.17, 15) is 9.90 Å². The largest absolute Gasteiger partial charge is 0.393 e. The predicted molar refractivity (Wildman–Crippen MR) is 78.7 cm³/mol. The molecule has 0 aliphatic rings. The molecule has 0 bridgehead atoms. The lowest BCUT2D eigenvalue weighted by Gasteiger charge is -2.13. The Morgan fingerprint density at radius 1 is 1.50 bits per heavy atom. The van der Waals surface area contributed by atoms with E-state index >= 15 is 0 Å². The highest BCUT2D eigenvalue weighted by Crippen LogP contribution is 2.06. The first-order valence-electron chi connectivity index (χ1n) is 6.67. The standard InChI is InChI=1S/C16H20N2O2/c1-12(2)15(19)8-9-18-16(20)7-6-13-4-3-5-14(10-13)11-17/h3-7,10,12,15,19H,8-9H2,1-2H3,(H,18,20). The molecule has 106 valence electrons. The number of nitrogens with one attached hydrogen (secondary N) is 1. The first kappa shape index (κ1) is 15.9. The molecule has 20 heavy (non-hydrogen) atoms. The van der Waals surface area contributed by atoms with Crippen molar-refractivity contribution in [2.45, 2.75) is 26.4 Å². The molecule has 1 unspecified atom stereocenters. The maximum Gasteiger partial charge on any atom is 0.244 e. The van der Waals surface area contributed by atoms with Crippen LogP contribution < -0.4 is 5.32 Å². The van der Waals surface area contributed by atoms with Crippen molar-refractivity contribution in [1.82, 2.24) is 5.32 Å². The summed E-state index contributed by atoms with van der Waals surface area (Å²) in [6, 6.07) is 9.08. The van der Waals surface area contributed by atoms with Gasteiger partial charge in [0, 0.05) is 12.6 Å². The van der Waals surface area contributed by atoms with Gasteiger partial charge in [0.2, 0.25) is 5.91 Å². The van der Waals surface area contributed by atoms with Crippen molar-refractivity contribution in [3.05, 3.63) is 41.5 Å². The molecular weight excluding hydrogens is 252 g/mol. The number of hydrogen-bond donors (Lipinski definition) is 2. The van der Waals surface area contributed by atoms with Crippen LogP contribution in [0.5, 0.6) is 0 Å². The second kappa shape index (κ2) is 8.13. The first-order valence-corrected chi connectivity index (χ1v) is 6.67. The Morgan fingerprint density at radius 2 is 2.25 bits per heavy atom. The summed E-state index contributed by atoms with van der Waals surface area (Å²) in [5.74, 6) is -0.0144. The number of amides is 1. The van der Waals surface area contributed by atoms with Crippen LogP contribution in [0.15, 0.2) is 30.3 Å². The average Bonchev–Trinajstić information content (AvgIpc) is 2.45. The molecule has 0 saturated carbocycles. The molecule has 1 aromatic rings. The molecule has 1 rings (SSSR count). The third kappa shape index (κ3) is 5.68. The number of nitriles is 1. The van der Waals surface area contributed by atoms with Crippen molar-refractivity contribution >= 4 is 12.0 Å². The minimum atomic E-state index is -0.397. The smallest absolute Gasteiger partial charge is 0.244 e. The van der Waals surface area contributed by atoms with Crippen LogP contribution >= 0.6 is 0 Å². The van der Waals surface area contributed by atoms with Crippen molar-refractivity contribution in [3.63, 3.8) is 0 Å². The Labute approximate surface area is 119 Å². The third-order valence-corrected chi connectivity index (χ3v) is 2.95. The zero-order valence-corrected chi connectivity index (χ0v) is 11.8. The number of rotatable bonds is 6. The van der Waals surface area contributed by atoms with E-state index in [0.29, 0.717) is 18.5 Å². The highest BCUT2D eigenvalue weighted by atomic mass is 16.3. The number of carbonyl (C=O) groups excluding carboxylic acids is 1. The van der Waals surface area contributed by atoms with Crippen LogP contribution in [0.2, 0.25) is 0 Å². The Morgan fingerprint density at radius 3 is 2.90 bits per heavy atom. The lowest BCUT2D eigenvalue weighted by atomic mass is 10.0. The third-order valence-electron chi connectivity index (χ3n) is 2.95. The SMILES string of the molecule is CC(C)C(O)CCNC(=O)C=Cc1cccc(C#N)c1. The molecule has 0 spiro atoms. The average molecular weight is 272 g/mol. The molecule has 4 heteroatoms. The molecule has 0 saturated heterocycles. The lowest BCUT2D eigenvalue weighted by Crippen LogP contribution is -2.27. The van der Waals surface area contributed by atoms with Gasteiger partial charge in [-0.2, -0.15) is 5.26 Å². The summed E-state index contributed by atoms with van der Waals surface area (Å²) < 4.78 is 0. The second-order valence-electron chi connectivity index (χ2n) is 4.96. The van der Waals surface area contributed by atoms with Crippen LogP contribution in [-0.4, -0.2) is 23.7 Å². The molecule has 1 aromatic carbocycles. The van der Waals surface area contributed by atoms with E-state index in [0.717, 1.165) is 5.56 Å². The molecule has 1 atom stereocenters. The van der Waals surface area contributed by atoms with Gasteiger partial charge in [0.25, 0.3) is 0 Å². The lowest BCUT2D eigenvalue weighted by molar-refractivity contribution is -0.116. The van der Waals surface area contributed by atoms with Gasteiger partial charge in [0.15, 0.2) is 0 Å². The van der Waals surface area contributed by atoms with Crippen LogP contribution in [0, 0.1) is 17.2 Å². The van der Waals surface area contributed by atoms with Crippen LogP contribution in [-0.2, 0) is 4.79 Å². The summed E-state index contributed by atoms with van der Waals surface area (Å²) in [6.45, 7) is 4.32. The van der Waals surface area contributed by atoms with Crippen LogP contribution in [0.4, 0.5) is 0 Å². The fourth-order valence-corrected chi connectivity index (χ4v) is 1.62. The van der Waals surface area contributed by atoms with E-state index in [-0.39, 0.29) is 11.8 Å². The van der Waals surface area contributed by atoms with Crippen molar-refractivity contribution in [2.24, 2.45) is 5.92 Å². The molecule has 0 aliphatic carbocycles. The van der Waals surface area contributed by atoms with Gasteiger partial charge in [0.05, 0.1) is 17.7 Å². The van der Waals surface area contributed by atoms with E-state index in [1.54, 1.807) is 24.3 Å². The van der Waals surface area contributed by atoms with Crippen molar-refractivity contribution in [2.75, 3.05) is 6.54 Å². The summed E-state index contributed by atoms with van der Waals surface area (Å²) in [6.07, 6.45) is 3.24. The van der Waals surface area contributed by atoms with Gasteiger partial charge in [-0.15, -0.1) is 0 Å². The fourth-order valence-electron chi connectivity index (χ4n) is 1.62. The van der Waals surface area contributed by atoms with Gasteiger partial charge in [-0.25, -0.2) is 0 Å². The first-order chi connectivity index (χ1) is 9.52. The van der Waals surface area contributed by atoms with Crippen LogP contribution in [0.1, 0.15) is 31.4 Å². The Balaban J connectivity index is 2.42. The number of nitrogens with zero attached hydrogens (tertiary/aromatic N) is 1. The van der Waals surface area contributed by atoms with Crippen LogP contribution in [0.25, 0.3) is 6.08 Å². The maximum atomic E-state index is 11.6.